The Morgan fingerprint density at radius 1 is 1.13 bits per heavy atom. The number of hydrogen-bond donors (Lipinski definition) is 1. The van der Waals surface area contributed by atoms with E-state index < -0.39 is 6.10 Å². The Labute approximate surface area is 172 Å². The molecule has 4 rings (SSSR count). The van der Waals surface area contributed by atoms with E-state index in [1.165, 1.54) is 12.1 Å². The van der Waals surface area contributed by atoms with Crippen molar-refractivity contribution in [3.05, 3.63) is 65.8 Å². The predicted octanol–water partition coefficient (Wildman–Crippen LogP) is 4.30. The van der Waals surface area contributed by atoms with Crippen molar-refractivity contribution in [2.75, 3.05) is 5.32 Å². The van der Waals surface area contributed by atoms with Crippen molar-refractivity contribution in [1.82, 2.24) is 10.1 Å². The molecule has 0 saturated carbocycles. The zero-order chi connectivity index (χ0) is 21.3. The number of aromatic nitrogens is 2. The second-order valence-electron chi connectivity index (χ2n) is 8.09. The minimum Gasteiger partial charge on any atom is -0.382 e. The molecule has 0 unspecified atom stereocenters. The molecule has 0 spiro atoms. The Bertz CT molecular complexity index is 1100. The van der Waals surface area contributed by atoms with Gasteiger partial charge in [0.2, 0.25) is 17.8 Å². The normalized spacial score (nSPS) is 16.1. The summed E-state index contributed by atoms with van der Waals surface area (Å²) in [7, 11) is 0. The maximum atomic E-state index is 13.4. The van der Waals surface area contributed by atoms with E-state index in [2.05, 4.69) is 20.6 Å². The second-order valence-corrected chi connectivity index (χ2v) is 8.09. The largest absolute Gasteiger partial charge is 0.382 e. The van der Waals surface area contributed by atoms with Crippen molar-refractivity contribution in [1.29, 1.82) is 0 Å². The molecular formula is C22H21FN4O3. The number of carbonyl (C=O) groups is 1. The zero-order valence-electron chi connectivity index (χ0n) is 16.8. The summed E-state index contributed by atoms with van der Waals surface area (Å²) < 4.78 is 18.7. The molecule has 1 N–H and O–H groups in total. The van der Waals surface area contributed by atoms with Gasteiger partial charge in [0.25, 0.3) is 5.91 Å². The highest BCUT2D eigenvalue weighted by Crippen LogP contribution is 2.25. The van der Waals surface area contributed by atoms with E-state index in [0.29, 0.717) is 28.7 Å². The first-order chi connectivity index (χ1) is 14.3. The zero-order valence-corrected chi connectivity index (χ0v) is 16.8. The molecule has 1 aliphatic rings. The average molecular weight is 408 g/mol. The van der Waals surface area contributed by atoms with E-state index in [1.807, 2.05) is 20.8 Å². The Morgan fingerprint density at radius 2 is 1.90 bits per heavy atom. The van der Waals surface area contributed by atoms with Crippen LogP contribution in [-0.4, -0.2) is 27.9 Å². The molecule has 8 heteroatoms. The fourth-order valence-electron chi connectivity index (χ4n) is 2.93. The monoisotopic (exact) mass is 408 g/mol. The van der Waals surface area contributed by atoms with Crippen LogP contribution in [0.25, 0.3) is 11.4 Å². The maximum Gasteiger partial charge on any atom is 0.268 e. The third kappa shape index (κ3) is 4.22. The summed E-state index contributed by atoms with van der Waals surface area (Å²) in [6.45, 7) is 5.99. The minimum absolute atomic E-state index is 0.229. The lowest BCUT2D eigenvalue weighted by Crippen LogP contribution is -2.28. The molecule has 0 aliphatic carbocycles. The first-order valence-corrected chi connectivity index (χ1v) is 9.54. The molecular weight excluding hydrogens is 387 g/mol. The number of nitrogens with one attached hydrogen (secondary N) is 1. The highest BCUT2D eigenvalue weighted by atomic mass is 19.1. The number of amides is 1. The van der Waals surface area contributed by atoms with Crippen molar-refractivity contribution >= 4 is 17.3 Å². The third-order valence-corrected chi connectivity index (χ3v) is 4.60. The van der Waals surface area contributed by atoms with Crippen molar-refractivity contribution in [2.24, 2.45) is 5.16 Å². The molecule has 0 fully saturated rings. The van der Waals surface area contributed by atoms with Gasteiger partial charge in [0.1, 0.15) is 5.82 Å². The number of anilines is 1. The summed E-state index contributed by atoms with van der Waals surface area (Å²) >= 11 is 0. The maximum absolute atomic E-state index is 13.4. The first kappa shape index (κ1) is 19.8. The number of benzene rings is 2. The average Bonchev–Trinajstić information content (AvgIpc) is 3.39. The number of carbonyl (C=O) groups excluding carboxylic acids is 1. The number of nitrogens with zero attached hydrogens (tertiary/aromatic N) is 3. The first-order valence-electron chi connectivity index (χ1n) is 9.54. The van der Waals surface area contributed by atoms with Gasteiger partial charge in [0.15, 0.2) is 0 Å². The number of hydrogen-bond acceptors (Lipinski definition) is 6. The molecule has 30 heavy (non-hydrogen) atoms. The Morgan fingerprint density at radius 3 is 2.57 bits per heavy atom. The summed E-state index contributed by atoms with van der Waals surface area (Å²) in [5.74, 6) is 0.360. The summed E-state index contributed by atoms with van der Waals surface area (Å²) in [4.78, 5) is 22.2. The van der Waals surface area contributed by atoms with Gasteiger partial charge in [0, 0.05) is 28.7 Å². The fourth-order valence-corrected chi connectivity index (χ4v) is 2.93. The number of rotatable bonds is 4. The van der Waals surface area contributed by atoms with Gasteiger partial charge >= 0.3 is 0 Å². The molecule has 0 bridgehead atoms. The van der Waals surface area contributed by atoms with Crippen LogP contribution in [-0.2, 0) is 15.0 Å². The van der Waals surface area contributed by atoms with Crippen LogP contribution in [0, 0.1) is 5.82 Å². The third-order valence-electron chi connectivity index (χ3n) is 4.60. The van der Waals surface area contributed by atoms with Crippen LogP contribution in [0.5, 0.6) is 0 Å². The van der Waals surface area contributed by atoms with E-state index in [0.717, 1.165) is 5.56 Å². The molecule has 2 aromatic carbocycles. The molecule has 1 aliphatic heterocycles. The summed E-state index contributed by atoms with van der Waals surface area (Å²) in [5.41, 5.74) is 2.29. The van der Waals surface area contributed by atoms with E-state index >= 15 is 0 Å². The van der Waals surface area contributed by atoms with E-state index in [1.54, 1.807) is 36.4 Å². The van der Waals surface area contributed by atoms with Gasteiger partial charge in [-0.25, -0.2) is 4.39 Å². The Kier molecular flexibility index (Phi) is 5.07. The Balaban J connectivity index is 1.38. The van der Waals surface area contributed by atoms with Crippen LogP contribution in [0.3, 0.4) is 0 Å². The van der Waals surface area contributed by atoms with Crippen LogP contribution in [0.1, 0.15) is 38.6 Å². The van der Waals surface area contributed by atoms with Gasteiger partial charge in [0.05, 0.1) is 5.71 Å². The van der Waals surface area contributed by atoms with E-state index in [9.17, 15) is 9.18 Å². The fraction of sp³-hybridized carbons (Fsp3) is 0.273. The van der Waals surface area contributed by atoms with Crippen molar-refractivity contribution in [2.45, 2.75) is 38.7 Å². The minimum atomic E-state index is -0.769. The molecule has 1 aromatic heterocycles. The highest BCUT2D eigenvalue weighted by Gasteiger charge is 2.29. The smallest absolute Gasteiger partial charge is 0.268 e. The van der Waals surface area contributed by atoms with Crippen LogP contribution >= 0.6 is 0 Å². The summed E-state index contributed by atoms with van der Waals surface area (Å²) in [6, 6.07) is 13.2. The molecule has 0 saturated heterocycles. The van der Waals surface area contributed by atoms with Gasteiger partial charge in [-0.2, -0.15) is 4.98 Å². The second kappa shape index (κ2) is 7.70. The molecule has 2 heterocycles. The van der Waals surface area contributed by atoms with Crippen LogP contribution in [0.2, 0.25) is 0 Å². The molecule has 3 aromatic rings. The van der Waals surface area contributed by atoms with Crippen LogP contribution in [0.15, 0.2) is 58.2 Å². The van der Waals surface area contributed by atoms with Gasteiger partial charge in [-0.05, 0) is 36.4 Å². The highest BCUT2D eigenvalue weighted by molar-refractivity contribution is 6.06. The molecule has 1 atom stereocenters. The van der Waals surface area contributed by atoms with Gasteiger partial charge < -0.3 is 14.7 Å². The van der Waals surface area contributed by atoms with Gasteiger partial charge in [-0.15, -0.1) is 0 Å². The van der Waals surface area contributed by atoms with E-state index in [-0.39, 0.29) is 23.6 Å². The number of oxime groups is 1. The standard InChI is InChI=1S/C22H21FN4O3/c1-22(2,3)21-25-19(27-30-21)13-7-9-16(10-8-13)24-20(28)18-12-17(26-29-18)14-5-4-6-15(23)11-14/h4-11,18H,12H2,1-3H3,(H,24,28)/t18-/m0/s1. The van der Waals surface area contributed by atoms with Crippen LogP contribution < -0.4 is 5.32 Å². The topological polar surface area (TPSA) is 89.6 Å². The van der Waals surface area contributed by atoms with Crippen molar-refractivity contribution < 1.29 is 18.5 Å². The molecule has 154 valence electrons. The van der Waals surface area contributed by atoms with Crippen molar-refractivity contribution in [3.63, 3.8) is 0 Å². The predicted molar refractivity (Wildman–Crippen MR) is 109 cm³/mol. The van der Waals surface area contributed by atoms with Crippen molar-refractivity contribution in [3.8, 4) is 11.4 Å². The molecule has 7 nitrogen and oxygen atoms in total. The molecule has 0 radical (unpaired) electrons. The summed E-state index contributed by atoms with van der Waals surface area (Å²) in [5, 5.41) is 10.7. The van der Waals surface area contributed by atoms with Gasteiger partial charge in [-0.1, -0.05) is 43.2 Å². The summed E-state index contributed by atoms with van der Waals surface area (Å²) in [6.07, 6.45) is -0.499. The lowest BCUT2D eigenvalue weighted by molar-refractivity contribution is -0.125. The van der Waals surface area contributed by atoms with E-state index in [4.69, 9.17) is 9.36 Å². The van der Waals surface area contributed by atoms with Crippen LogP contribution in [0.4, 0.5) is 10.1 Å². The number of halogens is 1. The van der Waals surface area contributed by atoms with Gasteiger partial charge in [-0.3, -0.25) is 4.79 Å². The lowest BCUT2D eigenvalue weighted by atomic mass is 9.97. The Hall–Kier alpha value is -3.55. The SMILES string of the molecule is CC(C)(C)c1nc(-c2ccc(NC(=O)[C@@H]3CC(c4cccc(F)c4)=NO3)cc2)no1. The molecule has 1 amide bonds. The quantitative estimate of drug-likeness (QED) is 0.695. The lowest BCUT2D eigenvalue weighted by Gasteiger charge is -2.10.